The molecule has 0 fully saturated rings. The summed E-state index contributed by atoms with van der Waals surface area (Å²) in [4.78, 5) is 10.9. The van der Waals surface area contributed by atoms with Crippen LogP contribution >= 0.6 is 68.9 Å². The maximum atomic E-state index is 2.24. The van der Waals surface area contributed by atoms with Gasteiger partial charge in [0.15, 0.2) is 0 Å². The van der Waals surface area contributed by atoms with Gasteiger partial charge in [0.1, 0.15) is 0 Å². The van der Waals surface area contributed by atoms with Gasteiger partial charge in [0.25, 0.3) is 0 Å². The maximum absolute atomic E-state index is 2.24. The highest BCUT2D eigenvalue weighted by Gasteiger charge is 2.28. The standard InChI is InChI=1S/C20H12S6/c1-5-13(21-9-1)17-18(14-6-2-10-22-14)26-20(16-8-4-12-24-16)19(25-17)15-7-3-11-23-15/h1-12H. The Morgan fingerprint density at radius 1 is 0.385 bits per heavy atom. The third kappa shape index (κ3) is 3.19. The Labute approximate surface area is 176 Å². The molecule has 5 heterocycles. The normalized spacial score (nSPS) is 15.1. The second kappa shape index (κ2) is 7.54. The lowest BCUT2D eigenvalue weighted by atomic mass is 10.3. The molecule has 0 spiro atoms. The molecule has 1 aliphatic heterocycles. The second-order valence-electron chi connectivity index (χ2n) is 5.43. The van der Waals surface area contributed by atoms with E-state index in [-0.39, 0.29) is 0 Å². The third-order valence-electron chi connectivity index (χ3n) is 3.80. The fourth-order valence-corrected chi connectivity index (χ4v) is 9.08. The molecule has 0 atom stereocenters. The van der Waals surface area contributed by atoms with Gasteiger partial charge in [-0.15, -0.1) is 45.3 Å². The van der Waals surface area contributed by atoms with Crippen molar-refractivity contribution >= 4 is 88.5 Å². The number of hydrogen-bond donors (Lipinski definition) is 0. The maximum Gasteiger partial charge on any atom is 0.0449 e. The molecule has 0 amide bonds. The molecule has 6 heteroatoms. The summed E-state index contributed by atoms with van der Waals surface area (Å²) in [5, 5.41) is 8.68. The second-order valence-corrected chi connectivity index (χ2v) is 11.3. The van der Waals surface area contributed by atoms with Crippen LogP contribution in [0.15, 0.2) is 70.1 Å². The summed E-state index contributed by atoms with van der Waals surface area (Å²) in [6.45, 7) is 0. The molecule has 0 saturated heterocycles. The van der Waals surface area contributed by atoms with Crippen molar-refractivity contribution in [1.82, 2.24) is 0 Å². The minimum atomic E-state index is 1.35. The molecular weight excluding hydrogens is 433 g/mol. The molecule has 0 saturated carbocycles. The smallest absolute Gasteiger partial charge is 0.0449 e. The molecule has 128 valence electrons. The van der Waals surface area contributed by atoms with Gasteiger partial charge in [-0.25, -0.2) is 0 Å². The topological polar surface area (TPSA) is 0 Å². The van der Waals surface area contributed by atoms with Crippen LogP contribution in [-0.2, 0) is 0 Å². The zero-order chi connectivity index (χ0) is 17.3. The Kier molecular flexibility index (Phi) is 4.96. The summed E-state index contributed by atoms with van der Waals surface area (Å²) in [7, 11) is 0. The zero-order valence-electron chi connectivity index (χ0n) is 13.4. The van der Waals surface area contributed by atoms with Gasteiger partial charge < -0.3 is 0 Å². The van der Waals surface area contributed by atoms with Crippen molar-refractivity contribution in [3.8, 4) is 0 Å². The van der Waals surface area contributed by atoms with E-state index in [0.717, 1.165) is 0 Å². The van der Waals surface area contributed by atoms with Crippen LogP contribution in [0.25, 0.3) is 19.6 Å². The van der Waals surface area contributed by atoms with Gasteiger partial charge in [-0.05, 0) is 45.8 Å². The summed E-state index contributed by atoms with van der Waals surface area (Å²) >= 11 is 11.2. The minimum absolute atomic E-state index is 1.35. The lowest BCUT2D eigenvalue weighted by Crippen LogP contribution is -1.93. The van der Waals surface area contributed by atoms with Crippen molar-refractivity contribution in [2.45, 2.75) is 0 Å². The van der Waals surface area contributed by atoms with Crippen LogP contribution in [0.3, 0.4) is 0 Å². The molecule has 26 heavy (non-hydrogen) atoms. The summed E-state index contributed by atoms with van der Waals surface area (Å²) in [5.74, 6) is 0. The molecule has 0 unspecified atom stereocenters. The van der Waals surface area contributed by atoms with Gasteiger partial charge in [0, 0.05) is 39.1 Å². The van der Waals surface area contributed by atoms with Gasteiger partial charge in [-0.3, -0.25) is 0 Å². The SMILES string of the molecule is c1csc(C2=C(c3cccs3)SC(c3cccs3)=C(c3cccs3)S2)c1. The van der Waals surface area contributed by atoms with Crippen LogP contribution in [-0.4, -0.2) is 0 Å². The van der Waals surface area contributed by atoms with Crippen LogP contribution in [0.1, 0.15) is 19.5 Å². The van der Waals surface area contributed by atoms with Crippen molar-refractivity contribution in [3.63, 3.8) is 0 Å². The average molecular weight is 445 g/mol. The summed E-state index contributed by atoms with van der Waals surface area (Å²) in [5.41, 5.74) is 0. The first-order valence-electron chi connectivity index (χ1n) is 7.90. The Morgan fingerprint density at radius 2 is 0.654 bits per heavy atom. The van der Waals surface area contributed by atoms with Crippen LogP contribution in [0.5, 0.6) is 0 Å². The first-order valence-corrected chi connectivity index (χ1v) is 13.0. The summed E-state index contributed by atoms with van der Waals surface area (Å²) in [6, 6.07) is 17.5. The molecule has 0 aliphatic carbocycles. The first-order chi connectivity index (χ1) is 12.9. The van der Waals surface area contributed by atoms with Crippen molar-refractivity contribution in [3.05, 3.63) is 89.6 Å². The van der Waals surface area contributed by atoms with Gasteiger partial charge in [-0.1, -0.05) is 47.8 Å². The van der Waals surface area contributed by atoms with E-state index in [9.17, 15) is 0 Å². The van der Waals surface area contributed by atoms with E-state index in [1.165, 1.54) is 39.1 Å². The summed E-state index contributed by atoms with van der Waals surface area (Å²) in [6.07, 6.45) is 0. The number of thioether (sulfide) groups is 2. The number of hydrogen-bond acceptors (Lipinski definition) is 6. The van der Waals surface area contributed by atoms with E-state index in [1.54, 1.807) is 0 Å². The van der Waals surface area contributed by atoms with E-state index < -0.39 is 0 Å². The monoisotopic (exact) mass is 444 g/mol. The van der Waals surface area contributed by atoms with E-state index in [0.29, 0.717) is 0 Å². The molecule has 0 N–H and O–H groups in total. The Hall–Kier alpha value is -1.02. The minimum Gasteiger partial charge on any atom is -0.143 e. The Balaban J connectivity index is 1.70. The predicted molar refractivity (Wildman–Crippen MR) is 126 cm³/mol. The molecule has 0 aromatic carbocycles. The van der Waals surface area contributed by atoms with Gasteiger partial charge in [0.05, 0.1) is 0 Å². The first kappa shape index (κ1) is 17.1. The van der Waals surface area contributed by atoms with E-state index in [2.05, 4.69) is 70.1 Å². The van der Waals surface area contributed by atoms with Gasteiger partial charge in [0.2, 0.25) is 0 Å². The number of rotatable bonds is 4. The molecule has 1 aliphatic rings. The zero-order valence-corrected chi connectivity index (χ0v) is 18.3. The fraction of sp³-hybridized carbons (Fsp3) is 0. The van der Waals surface area contributed by atoms with E-state index in [1.807, 2.05) is 68.9 Å². The van der Waals surface area contributed by atoms with Crippen LogP contribution in [0, 0.1) is 0 Å². The predicted octanol–water partition coefficient (Wildman–Crippen LogP) is 8.76. The van der Waals surface area contributed by atoms with Gasteiger partial charge in [-0.2, -0.15) is 0 Å². The molecule has 5 rings (SSSR count). The molecule has 0 bridgehead atoms. The van der Waals surface area contributed by atoms with Gasteiger partial charge >= 0.3 is 0 Å². The van der Waals surface area contributed by atoms with Crippen molar-refractivity contribution in [1.29, 1.82) is 0 Å². The van der Waals surface area contributed by atoms with Crippen LogP contribution in [0.2, 0.25) is 0 Å². The number of thiophene rings is 4. The highest BCUT2D eigenvalue weighted by molar-refractivity contribution is 8.26. The molecule has 4 aromatic heterocycles. The molecular formula is C20H12S6. The molecule has 4 aromatic rings. The molecule has 0 radical (unpaired) electrons. The van der Waals surface area contributed by atoms with Crippen molar-refractivity contribution < 1.29 is 0 Å². The van der Waals surface area contributed by atoms with Crippen molar-refractivity contribution in [2.75, 3.05) is 0 Å². The average Bonchev–Trinajstić information content (AvgIpc) is 3.49. The highest BCUT2D eigenvalue weighted by Crippen LogP contribution is 2.60. The van der Waals surface area contributed by atoms with Crippen LogP contribution in [0.4, 0.5) is 0 Å². The molecule has 0 nitrogen and oxygen atoms in total. The Morgan fingerprint density at radius 3 is 0.846 bits per heavy atom. The van der Waals surface area contributed by atoms with E-state index >= 15 is 0 Å². The highest BCUT2D eigenvalue weighted by atomic mass is 32.2. The van der Waals surface area contributed by atoms with Crippen LogP contribution < -0.4 is 0 Å². The quantitative estimate of drug-likeness (QED) is 0.308. The lowest BCUT2D eigenvalue weighted by molar-refractivity contribution is 1.89. The summed E-state index contributed by atoms with van der Waals surface area (Å²) < 4.78 is 0. The lowest BCUT2D eigenvalue weighted by Gasteiger charge is -2.23. The third-order valence-corrected chi connectivity index (χ3v) is 10.6. The fourth-order valence-electron chi connectivity index (χ4n) is 2.67. The largest absolute Gasteiger partial charge is 0.143 e. The van der Waals surface area contributed by atoms with Crippen molar-refractivity contribution in [2.24, 2.45) is 0 Å². The Bertz CT molecular complexity index is 873. The van der Waals surface area contributed by atoms with E-state index in [4.69, 9.17) is 0 Å².